The van der Waals surface area contributed by atoms with Gasteiger partial charge < -0.3 is 10.1 Å². The molecule has 0 aliphatic carbocycles. The fourth-order valence-corrected chi connectivity index (χ4v) is 1.77. The van der Waals surface area contributed by atoms with Crippen LogP contribution in [0.15, 0.2) is 24.3 Å². The third-order valence-electron chi connectivity index (χ3n) is 2.70. The van der Waals surface area contributed by atoms with Gasteiger partial charge in [-0.3, -0.25) is 4.79 Å². The van der Waals surface area contributed by atoms with Crippen LogP contribution in [0.2, 0.25) is 0 Å². The molecule has 1 heterocycles. The fourth-order valence-electron chi connectivity index (χ4n) is 1.77. The SMILES string of the molecule is CC1(Cc2ccc(F)cc2)CNC(=O)CO1. The molecule has 3 nitrogen and oxygen atoms in total. The molecule has 4 heteroatoms. The maximum absolute atomic E-state index is 12.7. The van der Waals surface area contributed by atoms with Gasteiger partial charge in [-0.25, -0.2) is 4.39 Å². The van der Waals surface area contributed by atoms with E-state index in [9.17, 15) is 9.18 Å². The Hall–Kier alpha value is -1.42. The topological polar surface area (TPSA) is 38.3 Å². The van der Waals surface area contributed by atoms with Crippen molar-refractivity contribution >= 4 is 5.91 Å². The highest BCUT2D eigenvalue weighted by molar-refractivity contribution is 5.78. The quantitative estimate of drug-likeness (QED) is 0.820. The smallest absolute Gasteiger partial charge is 0.246 e. The molecule has 0 spiro atoms. The molecule has 1 atom stereocenters. The zero-order valence-corrected chi connectivity index (χ0v) is 9.13. The molecular weight excluding hydrogens is 209 g/mol. The Labute approximate surface area is 93.6 Å². The first-order chi connectivity index (χ1) is 7.57. The van der Waals surface area contributed by atoms with E-state index in [1.165, 1.54) is 12.1 Å². The maximum Gasteiger partial charge on any atom is 0.246 e. The molecule has 0 radical (unpaired) electrons. The summed E-state index contributed by atoms with van der Waals surface area (Å²) in [5.74, 6) is -0.330. The molecule has 1 aromatic carbocycles. The van der Waals surface area contributed by atoms with Gasteiger partial charge in [-0.15, -0.1) is 0 Å². The largest absolute Gasteiger partial charge is 0.363 e. The first-order valence-corrected chi connectivity index (χ1v) is 5.23. The van der Waals surface area contributed by atoms with E-state index < -0.39 is 5.60 Å². The number of carbonyl (C=O) groups excluding carboxylic acids is 1. The molecular formula is C12H14FNO2. The van der Waals surface area contributed by atoms with Gasteiger partial charge in [0.2, 0.25) is 5.91 Å². The van der Waals surface area contributed by atoms with E-state index in [0.29, 0.717) is 13.0 Å². The van der Waals surface area contributed by atoms with E-state index in [1.807, 2.05) is 6.92 Å². The average molecular weight is 223 g/mol. The molecule has 1 amide bonds. The Kier molecular flexibility index (Phi) is 2.92. The monoisotopic (exact) mass is 223 g/mol. The summed E-state index contributed by atoms with van der Waals surface area (Å²) in [6, 6.07) is 6.33. The lowest BCUT2D eigenvalue weighted by molar-refractivity contribution is -0.141. The second-order valence-electron chi connectivity index (χ2n) is 4.32. The molecule has 0 bridgehead atoms. The Morgan fingerprint density at radius 3 is 2.69 bits per heavy atom. The van der Waals surface area contributed by atoms with E-state index in [2.05, 4.69) is 5.32 Å². The number of amides is 1. The number of carbonyl (C=O) groups is 1. The Morgan fingerprint density at radius 2 is 2.12 bits per heavy atom. The minimum absolute atomic E-state index is 0.0865. The number of hydrogen-bond acceptors (Lipinski definition) is 2. The summed E-state index contributed by atoms with van der Waals surface area (Å²) < 4.78 is 18.2. The van der Waals surface area contributed by atoms with Crippen LogP contribution < -0.4 is 5.32 Å². The average Bonchev–Trinajstić information content (AvgIpc) is 2.27. The van der Waals surface area contributed by atoms with Gasteiger partial charge in [-0.1, -0.05) is 12.1 Å². The van der Waals surface area contributed by atoms with E-state index in [1.54, 1.807) is 12.1 Å². The van der Waals surface area contributed by atoms with Gasteiger partial charge in [0.1, 0.15) is 12.4 Å². The summed E-state index contributed by atoms with van der Waals surface area (Å²) in [6.45, 7) is 2.52. The number of ether oxygens (including phenoxy) is 1. The van der Waals surface area contributed by atoms with Crippen LogP contribution in [0, 0.1) is 5.82 Å². The van der Waals surface area contributed by atoms with Gasteiger partial charge in [0, 0.05) is 13.0 Å². The summed E-state index contributed by atoms with van der Waals surface area (Å²) in [6.07, 6.45) is 0.660. The number of morpholine rings is 1. The third-order valence-corrected chi connectivity index (χ3v) is 2.70. The maximum atomic E-state index is 12.7. The first kappa shape index (κ1) is 11.1. The molecule has 1 aliphatic heterocycles. The minimum Gasteiger partial charge on any atom is -0.363 e. The van der Waals surface area contributed by atoms with Crippen LogP contribution in [-0.4, -0.2) is 24.7 Å². The molecule has 1 aromatic rings. The van der Waals surface area contributed by atoms with Gasteiger partial charge in [0.25, 0.3) is 0 Å². The van der Waals surface area contributed by atoms with Gasteiger partial charge >= 0.3 is 0 Å². The van der Waals surface area contributed by atoms with Crippen molar-refractivity contribution in [2.24, 2.45) is 0 Å². The lowest BCUT2D eigenvalue weighted by Crippen LogP contribution is -2.51. The van der Waals surface area contributed by atoms with Gasteiger partial charge in [0.15, 0.2) is 0 Å². The van der Waals surface area contributed by atoms with E-state index in [0.717, 1.165) is 5.56 Å². The van der Waals surface area contributed by atoms with Crippen molar-refractivity contribution in [2.45, 2.75) is 18.9 Å². The van der Waals surface area contributed by atoms with Crippen molar-refractivity contribution in [3.05, 3.63) is 35.6 Å². The summed E-state index contributed by atoms with van der Waals surface area (Å²) in [5, 5.41) is 2.77. The Bertz CT molecular complexity index is 379. The predicted octanol–water partition coefficient (Wildman–Crippen LogP) is 1.27. The third kappa shape index (κ3) is 2.58. The van der Waals surface area contributed by atoms with Gasteiger partial charge in [-0.05, 0) is 24.6 Å². The number of benzene rings is 1. The van der Waals surface area contributed by atoms with Gasteiger partial charge in [-0.2, -0.15) is 0 Å². The predicted molar refractivity (Wildman–Crippen MR) is 57.5 cm³/mol. The van der Waals surface area contributed by atoms with E-state index >= 15 is 0 Å². The first-order valence-electron chi connectivity index (χ1n) is 5.23. The molecule has 2 rings (SSSR count). The molecule has 1 N–H and O–H groups in total. The second kappa shape index (κ2) is 4.22. The Morgan fingerprint density at radius 1 is 1.44 bits per heavy atom. The number of nitrogens with one attached hydrogen (secondary N) is 1. The minimum atomic E-state index is -0.397. The van der Waals surface area contributed by atoms with Crippen LogP contribution in [0.4, 0.5) is 4.39 Å². The number of hydrogen-bond donors (Lipinski definition) is 1. The lowest BCUT2D eigenvalue weighted by Gasteiger charge is -2.34. The van der Waals surface area contributed by atoms with Crippen molar-refractivity contribution in [2.75, 3.05) is 13.2 Å². The Balaban J connectivity index is 2.03. The van der Waals surface area contributed by atoms with E-state index in [-0.39, 0.29) is 18.3 Å². The van der Waals surface area contributed by atoms with Gasteiger partial charge in [0.05, 0.1) is 5.60 Å². The molecule has 86 valence electrons. The summed E-state index contributed by atoms with van der Waals surface area (Å²) in [4.78, 5) is 11.0. The molecule has 1 fully saturated rings. The molecule has 1 saturated heterocycles. The van der Waals surface area contributed by atoms with Crippen LogP contribution in [-0.2, 0) is 16.0 Å². The number of halogens is 1. The summed E-state index contributed by atoms with van der Waals surface area (Å²) in [7, 11) is 0. The summed E-state index contributed by atoms with van der Waals surface area (Å²) in [5.41, 5.74) is 0.603. The molecule has 16 heavy (non-hydrogen) atoms. The standard InChI is InChI=1S/C12H14FNO2/c1-12(8-14-11(15)7-16-12)6-9-2-4-10(13)5-3-9/h2-5H,6-8H2,1H3,(H,14,15). The highest BCUT2D eigenvalue weighted by Gasteiger charge is 2.30. The lowest BCUT2D eigenvalue weighted by atomic mass is 9.95. The summed E-state index contributed by atoms with van der Waals surface area (Å²) >= 11 is 0. The molecule has 0 saturated carbocycles. The van der Waals surface area contributed by atoms with Crippen molar-refractivity contribution in [1.82, 2.24) is 5.32 Å². The second-order valence-corrected chi connectivity index (χ2v) is 4.32. The van der Waals surface area contributed by atoms with Crippen LogP contribution in [0.5, 0.6) is 0 Å². The number of rotatable bonds is 2. The van der Waals surface area contributed by atoms with Crippen molar-refractivity contribution < 1.29 is 13.9 Å². The molecule has 1 unspecified atom stereocenters. The fraction of sp³-hybridized carbons (Fsp3) is 0.417. The molecule has 1 aliphatic rings. The van der Waals surface area contributed by atoms with Crippen LogP contribution in [0.25, 0.3) is 0 Å². The highest BCUT2D eigenvalue weighted by atomic mass is 19.1. The zero-order valence-electron chi connectivity index (χ0n) is 9.13. The highest BCUT2D eigenvalue weighted by Crippen LogP contribution is 2.19. The molecule has 0 aromatic heterocycles. The normalized spacial score (nSPS) is 25.2. The van der Waals surface area contributed by atoms with Crippen molar-refractivity contribution in [3.63, 3.8) is 0 Å². The van der Waals surface area contributed by atoms with Crippen LogP contribution >= 0.6 is 0 Å². The van der Waals surface area contributed by atoms with Crippen LogP contribution in [0.3, 0.4) is 0 Å². The van der Waals surface area contributed by atoms with Crippen LogP contribution in [0.1, 0.15) is 12.5 Å². The zero-order chi connectivity index (χ0) is 11.6. The van der Waals surface area contributed by atoms with E-state index in [4.69, 9.17) is 4.74 Å². The van der Waals surface area contributed by atoms with Crippen molar-refractivity contribution in [1.29, 1.82) is 0 Å². The van der Waals surface area contributed by atoms with Crippen molar-refractivity contribution in [3.8, 4) is 0 Å².